The quantitative estimate of drug-likeness (QED) is 0.895. The third kappa shape index (κ3) is 2.27. The minimum absolute atomic E-state index is 0.637. The van der Waals surface area contributed by atoms with E-state index in [-0.39, 0.29) is 0 Å². The minimum atomic E-state index is 0.637. The fraction of sp³-hybridized carbons (Fsp3) is 0.182. The second-order valence-corrected chi connectivity index (χ2v) is 4.15. The van der Waals surface area contributed by atoms with Gasteiger partial charge in [-0.2, -0.15) is 5.10 Å². The first-order chi connectivity index (χ1) is 7.31. The van der Waals surface area contributed by atoms with Crippen molar-refractivity contribution >= 4 is 15.9 Å². The number of hydrogen-bond donors (Lipinski definition) is 2. The molecule has 0 saturated heterocycles. The first kappa shape index (κ1) is 10.4. The topological polar surface area (TPSA) is 54.7 Å². The molecule has 15 heavy (non-hydrogen) atoms. The third-order valence-corrected chi connectivity index (χ3v) is 2.89. The van der Waals surface area contributed by atoms with Crippen molar-refractivity contribution in [2.45, 2.75) is 6.42 Å². The summed E-state index contributed by atoms with van der Waals surface area (Å²) in [6.07, 6.45) is 0.831. The van der Waals surface area contributed by atoms with E-state index >= 15 is 0 Å². The molecule has 3 N–H and O–H groups in total. The molecule has 1 heterocycles. The Morgan fingerprint density at radius 2 is 2.13 bits per heavy atom. The van der Waals surface area contributed by atoms with Crippen molar-refractivity contribution in [1.29, 1.82) is 0 Å². The SMILES string of the molecule is NCCc1cc(-c2ccccc2Br)n[nH]1. The standard InChI is InChI=1S/C11H12BrN3/c12-10-4-2-1-3-9(10)11-7-8(5-6-13)14-15-11/h1-4,7H,5-6,13H2,(H,14,15). The van der Waals surface area contributed by atoms with Crippen molar-refractivity contribution in [2.75, 3.05) is 6.54 Å². The Kier molecular flexibility index (Phi) is 3.18. The highest BCUT2D eigenvalue weighted by Gasteiger charge is 2.06. The molecule has 4 heteroatoms. The van der Waals surface area contributed by atoms with Crippen LogP contribution in [0.15, 0.2) is 34.8 Å². The number of hydrogen-bond acceptors (Lipinski definition) is 2. The molecule has 0 aliphatic rings. The normalized spacial score (nSPS) is 10.5. The molecule has 0 radical (unpaired) electrons. The third-order valence-electron chi connectivity index (χ3n) is 2.19. The van der Waals surface area contributed by atoms with E-state index in [1.807, 2.05) is 30.3 Å². The van der Waals surface area contributed by atoms with Gasteiger partial charge in [-0.3, -0.25) is 5.10 Å². The van der Waals surface area contributed by atoms with Crippen LogP contribution in [0.25, 0.3) is 11.3 Å². The predicted octanol–water partition coefficient (Wildman–Crippen LogP) is 2.34. The van der Waals surface area contributed by atoms with E-state index in [1.54, 1.807) is 0 Å². The summed E-state index contributed by atoms with van der Waals surface area (Å²) in [7, 11) is 0. The number of nitrogens with two attached hydrogens (primary N) is 1. The van der Waals surface area contributed by atoms with Gasteiger partial charge in [0, 0.05) is 22.2 Å². The predicted molar refractivity (Wildman–Crippen MR) is 64.5 cm³/mol. The second kappa shape index (κ2) is 4.59. The van der Waals surface area contributed by atoms with Crippen LogP contribution in [0.5, 0.6) is 0 Å². The minimum Gasteiger partial charge on any atom is -0.330 e. The summed E-state index contributed by atoms with van der Waals surface area (Å²) in [5.74, 6) is 0. The van der Waals surface area contributed by atoms with E-state index < -0.39 is 0 Å². The second-order valence-electron chi connectivity index (χ2n) is 3.30. The summed E-state index contributed by atoms with van der Waals surface area (Å²) in [5.41, 5.74) is 8.60. The van der Waals surface area contributed by atoms with Gasteiger partial charge in [0.05, 0.1) is 5.69 Å². The van der Waals surface area contributed by atoms with Crippen LogP contribution in [-0.4, -0.2) is 16.7 Å². The Bertz CT molecular complexity index is 451. The maximum absolute atomic E-state index is 5.48. The molecule has 0 bridgehead atoms. The molecule has 0 amide bonds. The molecule has 0 spiro atoms. The van der Waals surface area contributed by atoms with Crippen LogP contribution >= 0.6 is 15.9 Å². The zero-order chi connectivity index (χ0) is 10.7. The molecule has 0 fully saturated rings. The van der Waals surface area contributed by atoms with Crippen LogP contribution < -0.4 is 5.73 Å². The summed E-state index contributed by atoms with van der Waals surface area (Å²) in [4.78, 5) is 0. The smallest absolute Gasteiger partial charge is 0.0934 e. The number of aromatic nitrogens is 2. The van der Waals surface area contributed by atoms with E-state index in [9.17, 15) is 0 Å². The maximum atomic E-state index is 5.48. The molecule has 1 aromatic heterocycles. The van der Waals surface area contributed by atoms with Crippen LogP contribution in [0, 0.1) is 0 Å². The lowest BCUT2D eigenvalue weighted by atomic mass is 10.1. The van der Waals surface area contributed by atoms with Crippen LogP contribution in [0.4, 0.5) is 0 Å². The van der Waals surface area contributed by atoms with E-state index in [0.29, 0.717) is 6.54 Å². The number of rotatable bonds is 3. The van der Waals surface area contributed by atoms with Gasteiger partial charge in [-0.1, -0.05) is 34.1 Å². The van der Waals surface area contributed by atoms with E-state index in [1.165, 1.54) is 0 Å². The summed E-state index contributed by atoms with van der Waals surface area (Å²) < 4.78 is 1.05. The Balaban J connectivity index is 2.33. The van der Waals surface area contributed by atoms with Gasteiger partial charge in [-0.25, -0.2) is 0 Å². The highest BCUT2D eigenvalue weighted by molar-refractivity contribution is 9.10. The van der Waals surface area contributed by atoms with Crippen LogP contribution in [0.1, 0.15) is 5.69 Å². The molecule has 0 atom stereocenters. The van der Waals surface area contributed by atoms with E-state index in [2.05, 4.69) is 26.1 Å². The molecule has 0 unspecified atom stereocenters. The lowest BCUT2D eigenvalue weighted by Crippen LogP contribution is -2.02. The van der Waals surface area contributed by atoms with Crippen molar-refractivity contribution in [1.82, 2.24) is 10.2 Å². The summed E-state index contributed by atoms with van der Waals surface area (Å²) in [6, 6.07) is 10.1. The zero-order valence-corrected chi connectivity index (χ0v) is 9.79. The largest absolute Gasteiger partial charge is 0.330 e. The number of nitrogens with one attached hydrogen (secondary N) is 1. The molecule has 1 aromatic carbocycles. The average Bonchev–Trinajstić information content (AvgIpc) is 2.68. The first-order valence-corrected chi connectivity index (χ1v) is 5.60. The average molecular weight is 266 g/mol. The van der Waals surface area contributed by atoms with Crippen LogP contribution in [0.2, 0.25) is 0 Å². The fourth-order valence-electron chi connectivity index (χ4n) is 1.45. The van der Waals surface area contributed by atoms with Crippen molar-refractivity contribution in [3.63, 3.8) is 0 Å². The van der Waals surface area contributed by atoms with Gasteiger partial charge in [0.15, 0.2) is 0 Å². The molecule has 0 saturated carbocycles. The van der Waals surface area contributed by atoms with Gasteiger partial charge < -0.3 is 5.73 Å². The fourth-order valence-corrected chi connectivity index (χ4v) is 1.94. The Labute approximate surface area is 96.8 Å². The first-order valence-electron chi connectivity index (χ1n) is 4.80. The molecule has 2 aromatic rings. The number of H-pyrrole nitrogens is 1. The van der Waals surface area contributed by atoms with Gasteiger partial charge in [0.1, 0.15) is 0 Å². The zero-order valence-electron chi connectivity index (χ0n) is 8.20. The van der Waals surface area contributed by atoms with Crippen LogP contribution in [0.3, 0.4) is 0 Å². The molecule has 2 rings (SSSR count). The van der Waals surface area contributed by atoms with E-state index in [4.69, 9.17) is 5.73 Å². The maximum Gasteiger partial charge on any atom is 0.0934 e. The molecule has 78 valence electrons. The highest BCUT2D eigenvalue weighted by atomic mass is 79.9. The molecular weight excluding hydrogens is 254 g/mol. The monoisotopic (exact) mass is 265 g/mol. The van der Waals surface area contributed by atoms with Gasteiger partial charge in [-0.15, -0.1) is 0 Å². The summed E-state index contributed by atoms with van der Waals surface area (Å²) in [6.45, 7) is 0.637. The molecule has 0 aliphatic carbocycles. The Morgan fingerprint density at radius 3 is 2.87 bits per heavy atom. The van der Waals surface area contributed by atoms with Crippen molar-refractivity contribution < 1.29 is 0 Å². The number of halogens is 1. The van der Waals surface area contributed by atoms with Gasteiger partial charge in [0.25, 0.3) is 0 Å². The van der Waals surface area contributed by atoms with Crippen LogP contribution in [-0.2, 0) is 6.42 Å². The number of nitrogens with zero attached hydrogens (tertiary/aromatic N) is 1. The summed E-state index contributed by atoms with van der Waals surface area (Å²) in [5, 5.41) is 7.24. The Morgan fingerprint density at radius 1 is 1.33 bits per heavy atom. The van der Waals surface area contributed by atoms with Crippen molar-refractivity contribution in [3.8, 4) is 11.3 Å². The van der Waals surface area contributed by atoms with Gasteiger partial charge in [-0.05, 0) is 18.7 Å². The lowest BCUT2D eigenvalue weighted by Gasteiger charge is -1.98. The Hall–Kier alpha value is -1.13. The highest BCUT2D eigenvalue weighted by Crippen LogP contribution is 2.26. The van der Waals surface area contributed by atoms with Crippen molar-refractivity contribution in [2.24, 2.45) is 5.73 Å². The molecule has 3 nitrogen and oxygen atoms in total. The number of benzene rings is 1. The van der Waals surface area contributed by atoms with Crippen molar-refractivity contribution in [3.05, 3.63) is 40.5 Å². The number of aromatic amines is 1. The lowest BCUT2D eigenvalue weighted by molar-refractivity contribution is 0.902. The summed E-state index contributed by atoms with van der Waals surface area (Å²) >= 11 is 3.50. The molecule has 0 aliphatic heterocycles. The van der Waals surface area contributed by atoms with E-state index in [0.717, 1.165) is 27.8 Å². The van der Waals surface area contributed by atoms with Gasteiger partial charge >= 0.3 is 0 Å². The molecular formula is C11H12BrN3. The van der Waals surface area contributed by atoms with Gasteiger partial charge in [0.2, 0.25) is 0 Å².